The summed E-state index contributed by atoms with van der Waals surface area (Å²) in [7, 11) is 1.46. The van der Waals surface area contributed by atoms with E-state index in [0.29, 0.717) is 5.69 Å². The molecule has 0 spiro atoms. The summed E-state index contributed by atoms with van der Waals surface area (Å²) in [4.78, 5) is 9.14. The van der Waals surface area contributed by atoms with Gasteiger partial charge in [0.25, 0.3) is 6.43 Å². The van der Waals surface area contributed by atoms with E-state index in [2.05, 4.69) is 9.97 Å². The van der Waals surface area contributed by atoms with Crippen molar-refractivity contribution in [2.45, 2.75) is 13.3 Å². The summed E-state index contributed by atoms with van der Waals surface area (Å²) in [5, 5.41) is 7.23. The molecule has 0 saturated carbocycles. The minimum absolute atomic E-state index is 0.144. The number of aryl methyl sites for hydroxylation is 1. The summed E-state index contributed by atoms with van der Waals surface area (Å²) in [5.74, 6) is -0.0669. The second kappa shape index (κ2) is 4.82. The summed E-state index contributed by atoms with van der Waals surface area (Å²) >= 11 is 0. The number of nitrogens with one attached hydrogen (secondary N) is 1. The number of nitrogen functional groups attached to an aromatic ring is 1. The van der Waals surface area contributed by atoms with Crippen LogP contribution in [0.4, 0.5) is 14.7 Å². The number of halogens is 2. The highest BCUT2D eigenvalue weighted by Crippen LogP contribution is 2.10. The average Bonchev–Trinajstić information content (AvgIpc) is 2.15. The predicted molar refractivity (Wildman–Crippen MR) is 57.1 cm³/mol. The van der Waals surface area contributed by atoms with Crippen molar-refractivity contribution in [3.63, 3.8) is 0 Å². The van der Waals surface area contributed by atoms with Crippen LogP contribution >= 0.6 is 0 Å². The number of hydrogen-bond acceptors (Lipinski definition) is 4. The predicted octanol–water partition coefficient (Wildman–Crippen LogP) is 0.770. The second-order valence-electron chi connectivity index (χ2n) is 3.38. The molecule has 5 nitrogen and oxygen atoms in total. The van der Waals surface area contributed by atoms with Crippen molar-refractivity contribution in [3.05, 3.63) is 17.5 Å². The van der Waals surface area contributed by atoms with Crippen molar-refractivity contribution >= 4 is 11.8 Å². The number of aromatic nitrogens is 2. The van der Waals surface area contributed by atoms with Crippen LogP contribution in [0.25, 0.3) is 0 Å². The van der Waals surface area contributed by atoms with Crippen molar-refractivity contribution in [2.24, 2.45) is 5.73 Å². The van der Waals surface area contributed by atoms with Crippen LogP contribution in [0.5, 0.6) is 0 Å². The van der Waals surface area contributed by atoms with Gasteiger partial charge in [0, 0.05) is 12.7 Å². The summed E-state index contributed by atoms with van der Waals surface area (Å²) < 4.78 is 24.3. The van der Waals surface area contributed by atoms with Crippen molar-refractivity contribution in [1.29, 1.82) is 5.41 Å². The lowest BCUT2D eigenvalue weighted by Crippen LogP contribution is -2.27. The number of alkyl halides is 2. The van der Waals surface area contributed by atoms with E-state index in [0.717, 1.165) is 0 Å². The molecule has 0 aliphatic carbocycles. The minimum Gasteiger partial charge on any atom is -0.382 e. The summed E-state index contributed by atoms with van der Waals surface area (Å²) in [6, 6.07) is 1.53. The Morgan fingerprint density at radius 1 is 1.56 bits per heavy atom. The third kappa shape index (κ3) is 3.11. The average molecular weight is 229 g/mol. The van der Waals surface area contributed by atoms with Crippen LogP contribution in [-0.4, -0.2) is 35.8 Å². The number of nitrogens with two attached hydrogens (primary N) is 1. The largest absolute Gasteiger partial charge is 0.382 e. The van der Waals surface area contributed by atoms with Crippen molar-refractivity contribution in [1.82, 2.24) is 9.97 Å². The Bertz CT molecular complexity index is 393. The molecule has 0 amide bonds. The highest BCUT2D eigenvalue weighted by Gasteiger charge is 2.12. The highest BCUT2D eigenvalue weighted by molar-refractivity contribution is 5.93. The van der Waals surface area contributed by atoms with E-state index in [-0.39, 0.29) is 17.5 Å². The van der Waals surface area contributed by atoms with Crippen LogP contribution in [0.1, 0.15) is 11.4 Å². The van der Waals surface area contributed by atoms with Crippen molar-refractivity contribution in [2.75, 3.05) is 18.5 Å². The number of anilines is 1. The topological polar surface area (TPSA) is 78.9 Å². The maximum atomic E-state index is 12.2. The normalized spacial score (nSPS) is 10.6. The fraction of sp³-hybridized carbons (Fsp3) is 0.444. The van der Waals surface area contributed by atoms with Crippen LogP contribution in [-0.2, 0) is 0 Å². The Morgan fingerprint density at radius 2 is 2.19 bits per heavy atom. The van der Waals surface area contributed by atoms with E-state index in [9.17, 15) is 8.78 Å². The van der Waals surface area contributed by atoms with Gasteiger partial charge in [0.2, 0.25) is 5.95 Å². The molecule has 1 heterocycles. The van der Waals surface area contributed by atoms with Crippen LogP contribution in [0.3, 0.4) is 0 Å². The maximum Gasteiger partial charge on any atom is 0.255 e. The molecule has 0 saturated heterocycles. The van der Waals surface area contributed by atoms with Crippen LogP contribution in [0.2, 0.25) is 0 Å². The zero-order valence-electron chi connectivity index (χ0n) is 9.04. The van der Waals surface area contributed by atoms with Gasteiger partial charge >= 0.3 is 0 Å². The molecule has 0 radical (unpaired) electrons. The third-order valence-corrected chi connectivity index (χ3v) is 1.87. The molecule has 1 aromatic heterocycles. The van der Waals surface area contributed by atoms with E-state index in [1.807, 2.05) is 0 Å². The number of hydrogen-bond donors (Lipinski definition) is 2. The van der Waals surface area contributed by atoms with Gasteiger partial charge in [-0.25, -0.2) is 18.7 Å². The molecule has 3 N–H and O–H groups in total. The van der Waals surface area contributed by atoms with Crippen LogP contribution < -0.4 is 10.6 Å². The standard InChI is InChI=1S/C9H13F2N5/c1-5-3-6(8(12)13)15-9(14-5)16(2)4-7(10)11/h3,7H,4H2,1-2H3,(H3,12,13). The number of amidine groups is 1. The molecule has 88 valence electrons. The lowest BCUT2D eigenvalue weighted by atomic mass is 10.3. The highest BCUT2D eigenvalue weighted by atomic mass is 19.3. The SMILES string of the molecule is Cc1cc(C(=N)N)nc(N(C)CC(F)F)n1. The van der Waals surface area contributed by atoms with E-state index in [1.165, 1.54) is 18.0 Å². The van der Waals surface area contributed by atoms with E-state index in [4.69, 9.17) is 11.1 Å². The second-order valence-corrected chi connectivity index (χ2v) is 3.38. The van der Waals surface area contributed by atoms with Gasteiger partial charge in [0.1, 0.15) is 11.5 Å². The Balaban J connectivity index is 3.00. The molecular formula is C9H13F2N5. The first-order valence-corrected chi connectivity index (χ1v) is 4.59. The smallest absolute Gasteiger partial charge is 0.255 e. The Kier molecular flexibility index (Phi) is 3.70. The van der Waals surface area contributed by atoms with Gasteiger partial charge < -0.3 is 10.6 Å². The third-order valence-electron chi connectivity index (χ3n) is 1.87. The molecule has 16 heavy (non-hydrogen) atoms. The molecule has 0 aliphatic rings. The van der Waals surface area contributed by atoms with Crippen molar-refractivity contribution in [3.8, 4) is 0 Å². The first-order valence-electron chi connectivity index (χ1n) is 4.59. The molecule has 0 bridgehead atoms. The fourth-order valence-corrected chi connectivity index (χ4v) is 1.15. The lowest BCUT2D eigenvalue weighted by molar-refractivity contribution is 0.156. The van der Waals surface area contributed by atoms with E-state index in [1.54, 1.807) is 6.92 Å². The van der Waals surface area contributed by atoms with Gasteiger partial charge in [-0.2, -0.15) is 0 Å². The monoisotopic (exact) mass is 229 g/mol. The quantitative estimate of drug-likeness (QED) is 0.590. The first-order chi connectivity index (χ1) is 7.40. The van der Waals surface area contributed by atoms with E-state index < -0.39 is 13.0 Å². The summed E-state index contributed by atoms with van der Waals surface area (Å²) in [6.45, 7) is 1.23. The lowest BCUT2D eigenvalue weighted by Gasteiger charge is -2.17. The fourth-order valence-electron chi connectivity index (χ4n) is 1.15. The zero-order chi connectivity index (χ0) is 12.3. The molecule has 1 rings (SSSR count). The van der Waals surface area contributed by atoms with Gasteiger partial charge in [0.05, 0.1) is 6.54 Å². The maximum absolute atomic E-state index is 12.2. The minimum atomic E-state index is -2.46. The summed E-state index contributed by atoms with van der Waals surface area (Å²) in [6.07, 6.45) is -2.46. The molecule has 1 aromatic rings. The number of nitrogens with zero attached hydrogens (tertiary/aromatic N) is 3. The zero-order valence-corrected chi connectivity index (χ0v) is 9.04. The molecule has 0 fully saturated rings. The van der Waals surface area contributed by atoms with Gasteiger partial charge in [-0.1, -0.05) is 0 Å². The molecule has 0 aromatic carbocycles. The first kappa shape index (κ1) is 12.3. The summed E-state index contributed by atoms with van der Waals surface area (Å²) in [5.41, 5.74) is 6.10. The van der Waals surface area contributed by atoms with E-state index >= 15 is 0 Å². The van der Waals surface area contributed by atoms with Gasteiger partial charge in [-0.05, 0) is 13.0 Å². The number of rotatable bonds is 4. The molecule has 0 unspecified atom stereocenters. The van der Waals surface area contributed by atoms with Gasteiger partial charge in [0.15, 0.2) is 0 Å². The molecule has 7 heteroatoms. The van der Waals surface area contributed by atoms with Gasteiger partial charge in [-0.3, -0.25) is 5.41 Å². The Morgan fingerprint density at radius 3 is 2.69 bits per heavy atom. The molecule has 0 atom stereocenters. The Hall–Kier alpha value is -1.79. The Labute approximate surface area is 91.8 Å². The van der Waals surface area contributed by atoms with Crippen LogP contribution in [0, 0.1) is 12.3 Å². The van der Waals surface area contributed by atoms with Crippen LogP contribution in [0.15, 0.2) is 6.07 Å². The van der Waals surface area contributed by atoms with Gasteiger partial charge in [-0.15, -0.1) is 0 Å². The molecular weight excluding hydrogens is 216 g/mol. The molecule has 0 aliphatic heterocycles. The van der Waals surface area contributed by atoms with Crippen molar-refractivity contribution < 1.29 is 8.78 Å².